The number of nitrogens with zero attached hydrogens (tertiary/aromatic N) is 2. The van der Waals surface area contributed by atoms with Crippen molar-refractivity contribution in [2.45, 2.75) is 58.2 Å². The third-order valence-electron chi connectivity index (χ3n) is 4.30. The molecule has 0 radical (unpaired) electrons. The van der Waals surface area contributed by atoms with Crippen LogP contribution in [-0.4, -0.2) is 36.8 Å². The number of aromatic nitrogens is 1. The molecule has 20 heavy (non-hydrogen) atoms. The fourth-order valence-electron chi connectivity index (χ4n) is 2.94. The van der Waals surface area contributed by atoms with Crippen LogP contribution in [0.4, 0.5) is 5.82 Å². The first-order valence-corrected chi connectivity index (χ1v) is 7.58. The van der Waals surface area contributed by atoms with Gasteiger partial charge in [-0.15, -0.1) is 0 Å². The molecule has 0 bridgehead atoms. The van der Waals surface area contributed by atoms with Crippen molar-refractivity contribution in [3.63, 3.8) is 0 Å². The molecule has 0 amide bonds. The molecule has 0 spiro atoms. The van der Waals surface area contributed by atoms with E-state index in [4.69, 9.17) is 10.5 Å². The average Bonchev–Trinajstić information content (AvgIpc) is 2.84. The van der Waals surface area contributed by atoms with Gasteiger partial charge in [0.1, 0.15) is 5.82 Å². The predicted molar refractivity (Wildman–Crippen MR) is 83.2 cm³/mol. The summed E-state index contributed by atoms with van der Waals surface area (Å²) in [6.07, 6.45) is 5.21. The molecule has 1 fully saturated rings. The van der Waals surface area contributed by atoms with E-state index < -0.39 is 0 Å². The molecule has 1 aliphatic rings. The first-order valence-electron chi connectivity index (χ1n) is 7.58. The zero-order valence-electron chi connectivity index (χ0n) is 13.1. The lowest BCUT2D eigenvalue weighted by molar-refractivity contribution is 0.118. The SMILES string of the molecule is CCC(N)Cc1cnc(N(C)C2CCOC2C)c(C)c1. The van der Waals surface area contributed by atoms with E-state index in [0.29, 0.717) is 6.04 Å². The van der Waals surface area contributed by atoms with E-state index >= 15 is 0 Å². The van der Waals surface area contributed by atoms with Gasteiger partial charge in [-0.3, -0.25) is 0 Å². The number of aryl methyl sites for hydroxylation is 1. The lowest BCUT2D eigenvalue weighted by Crippen LogP contribution is -2.37. The van der Waals surface area contributed by atoms with Gasteiger partial charge in [-0.25, -0.2) is 4.98 Å². The van der Waals surface area contributed by atoms with E-state index in [-0.39, 0.29) is 12.1 Å². The monoisotopic (exact) mass is 277 g/mol. The number of rotatable bonds is 5. The number of pyridine rings is 1. The van der Waals surface area contributed by atoms with E-state index in [1.165, 1.54) is 11.1 Å². The minimum atomic E-state index is 0.225. The van der Waals surface area contributed by atoms with Crippen LogP contribution in [0, 0.1) is 6.92 Å². The first kappa shape index (κ1) is 15.3. The van der Waals surface area contributed by atoms with Crippen molar-refractivity contribution >= 4 is 5.82 Å². The maximum Gasteiger partial charge on any atom is 0.131 e. The van der Waals surface area contributed by atoms with Crippen molar-refractivity contribution < 1.29 is 4.74 Å². The van der Waals surface area contributed by atoms with Crippen molar-refractivity contribution in [1.82, 2.24) is 4.98 Å². The van der Waals surface area contributed by atoms with Crippen molar-refractivity contribution in [3.05, 3.63) is 23.4 Å². The minimum absolute atomic E-state index is 0.225. The molecule has 4 heteroatoms. The van der Waals surface area contributed by atoms with Crippen LogP contribution in [0.5, 0.6) is 0 Å². The molecule has 4 nitrogen and oxygen atoms in total. The lowest BCUT2D eigenvalue weighted by atomic mass is 10.0. The fraction of sp³-hybridized carbons (Fsp3) is 0.688. The highest BCUT2D eigenvalue weighted by molar-refractivity contribution is 5.48. The molecule has 0 saturated carbocycles. The molecule has 1 aromatic heterocycles. The number of hydrogen-bond acceptors (Lipinski definition) is 4. The molecule has 0 aromatic carbocycles. The van der Waals surface area contributed by atoms with Gasteiger partial charge in [0.25, 0.3) is 0 Å². The zero-order valence-corrected chi connectivity index (χ0v) is 13.1. The first-order chi connectivity index (χ1) is 9.52. The smallest absolute Gasteiger partial charge is 0.131 e. The third kappa shape index (κ3) is 3.30. The normalized spacial score (nSPS) is 23.9. The van der Waals surface area contributed by atoms with Gasteiger partial charge in [-0.1, -0.05) is 13.0 Å². The van der Waals surface area contributed by atoms with Crippen LogP contribution in [0.3, 0.4) is 0 Å². The van der Waals surface area contributed by atoms with Crippen LogP contribution in [0.15, 0.2) is 12.3 Å². The van der Waals surface area contributed by atoms with Crippen LogP contribution in [-0.2, 0) is 11.2 Å². The number of ether oxygens (including phenoxy) is 1. The van der Waals surface area contributed by atoms with Crippen LogP contribution >= 0.6 is 0 Å². The van der Waals surface area contributed by atoms with Crippen LogP contribution in [0.1, 0.15) is 37.8 Å². The number of anilines is 1. The van der Waals surface area contributed by atoms with E-state index in [2.05, 4.69) is 43.8 Å². The Hall–Kier alpha value is -1.13. The van der Waals surface area contributed by atoms with Crippen LogP contribution in [0.2, 0.25) is 0 Å². The molecular formula is C16H27N3O. The highest BCUT2D eigenvalue weighted by Crippen LogP contribution is 2.25. The molecule has 112 valence electrons. The quantitative estimate of drug-likeness (QED) is 0.897. The Bertz CT molecular complexity index is 449. The molecule has 0 aliphatic carbocycles. The number of likely N-dealkylation sites (N-methyl/N-ethyl adjacent to an activating group) is 1. The Morgan fingerprint density at radius 1 is 1.55 bits per heavy atom. The molecular weight excluding hydrogens is 250 g/mol. The highest BCUT2D eigenvalue weighted by atomic mass is 16.5. The summed E-state index contributed by atoms with van der Waals surface area (Å²) in [7, 11) is 2.11. The standard InChI is InChI=1S/C16H27N3O/c1-5-14(17)9-13-8-11(2)16(18-10-13)19(4)15-6-7-20-12(15)3/h8,10,12,14-15H,5-7,9,17H2,1-4H3. The minimum Gasteiger partial charge on any atom is -0.376 e. The second kappa shape index (κ2) is 6.55. The van der Waals surface area contributed by atoms with Crippen LogP contribution in [0.25, 0.3) is 0 Å². The van der Waals surface area contributed by atoms with E-state index in [1.54, 1.807) is 0 Å². The summed E-state index contributed by atoms with van der Waals surface area (Å²) in [6, 6.07) is 2.86. The van der Waals surface area contributed by atoms with E-state index in [1.807, 2.05) is 6.20 Å². The summed E-state index contributed by atoms with van der Waals surface area (Å²) >= 11 is 0. The van der Waals surface area contributed by atoms with E-state index in [9.17, 15) is 0 Å². The molecule has 1 saturated heterocycles. The van der Waals surface area contributed by atoms with Gasteiger partial charge >= 0.3 is 0 Å². The predicted octanol–water partition coefficient (Wildman–Crippen LogP) is 2.28. The Kier molecular flexibility index (Phi) is 5.00. The summed E-state index contributed by atoms with van der Waals surface area (Å²) in [5.74, 6) is 1.06. The number of nitrogens with two attached hydrogens (primary N) is 1. The topological polar surface area (TPSA) is 51.4 Å². The third-order valence-corrected chi connectivity index (χ3v) is 4.30. The van der Waals surface area contributed by atoms with Crippen molar-refractivity contribution in [2.24, 2.45) is 5.73 Å². The molecule has 2 heterocycles. The van der Waals surface area contributed by atoms with E-state index in [0.717, 1.165) is 31.7 Å². The second-order valence-corrected chi connectivity index (χ2v) is 5.90. The van der Waals surface area contributed by atoms with Gasteiger partial charge in [0, 0.05) is 25.9 Å². The molecule has 1 aromatic rings. The zero-order chi connectivity index (χ0) is 14.7. The Labute approximate surface area is 122 Å². The lowest BCUT2D eigenvalue weighted by Gasteiger charge is -2.29. The van der Waals surface area contributed by atoms with Gasteiger partial charge < -0.3 is 15.4 Å². The molecule has 3 unspecified atom stereocenters. The van der Waals surface area contributed by atoms with Gasteiger partial charge in [0.15, 0.2) is 0 Å². The summed E-state index contributed by atoms with van der Waals surface area (Å²) in [5, 5.41) is 0. The second-order valence-electron chi connectivity index (χ2n) is 5.90. The van der Waals surface area contributed by atoms with Crippen molar-refractivity contribution in [1.29, 1.82) is 0 Å². The highest BCUT2D eigenvalue weighted by Gasteiger charge is 2.29. The molecule has 2 rings (SSSR count). The maximum absolute atomic E-state index is 6.02. The summed E-state index contributed by atoms with van der Waals surface area (Å²) in [5.41, 5.74) is 8.46. The maximum atomic E-state index is 6.02. The molecule has 1 aliphatic heterocycles. The molecule has 2 N–H and O–H groups in total. The summed E-state index contributed by atoms with van der Waals surface area (Å²) < 4.78 is 5.65. The van der Waals surface area contributed by atoms with Gasteiger partial charge in [-0.05, 0) is 44.2 Å². The molecule has 3 atom stereocenters. The van der Waals surface area contributed by atoms with Gasteiger partial charge in [-0.2, -0.15) is 0 Å². The fourth-order valence-corrected chi connectivity index (χ4v) is 2.94. The largest absolute Gasteiger partial charge is 0.376 e. The average molecular weight is 277 g/mol. The summed E-state index contributed by atoms with van der Waals surface area (Å²) in [6.45, 7) is 7.23. The van der Waals surface area contributed by atoms with Crippen molar-refractivity contribution in [2.75, 3.05) is 18.6 Å². The van der Waals surface area contributed by atoms with Gasteiger partial charge in [0.2, 0.25) is 0 Å². The van der Waals surface area contributed by atoms with Crippen molar-refractivity contribution in [3.8, 4) is 0 Å². The van der Waals surface area contributed by atoms with Gasteiger partial charge in [0.05, 0.1) is 12.1 Å². The summed E-state index contributed by atoms with van der Waals surface area (Å²) in [4.78, 5) is 6.92. The number of hydrogen-bond donors (Lipinski definition) is 1. The van der Waals surface area contributed by atoms with Crippen LogP contribution < -0.4 is 10.6 Å². The Morgan fingerprint density at radius 3 is 2.85 bits per heavy atom. The Morgan fingerprint density at radius 2 is 2.30 bits per heavy atom. The Balaban J connectivity index is 2.12.